The number of benzene rings is 2. The first kappa shape index (κ1) is 22.1. The topological polar surface area (TPSA) is 66.5 Å². The van der Waals surface area contributed by atoms with Gasteiger partial charge in [0.1, 0.15) is 0 Å². The van der Waals surface area contributed by atoms with Crippen LogP contribution >= 0.6 is 23.2 Å². The summed E-state index contributed by atoms with van der Waals surface area (Å²) in [7, 11) is -3.60. The summed E-state index contributed by atoms with van der Waals surface area (Å²) < 4.78 is 27.2. The summed E-state index contributed by atoms with van der Waals surface area (Å²) in [5.41, 5.74) is 3.47. The molecule has 1 N–H and O–H groups in total. The molecular formula is C21H24Cl2N2O3S. The van der Waals surface area contributed by atoms with Crippen molar-refractivity contribution in [1.82, 2.24) is 4.31 Å². The third kappa shape index (κ3) is 5.51. The fourth-order valence-corrected chi connectivity index (χ4v) is 5.60. The van der Waals surface area contributed by atoms with Gasteiger partial charge in [-0.25, -0.2) is 12.7 Å². The Labute approximate surface area is 182 Å². The van der Waals surface area contributed by atoms with Crippen LogP contribution in [0.25, 0.3) is 0 Å². The predicted molar refractivity (Wildman–Crippen MR) is 118 cm³/mol. The minimum Gasteiger partial charge on any atom is -0.326 e. The van der Waals surface area contributed by atoms with Crippen molar-refractivity contribution < 1.29 is 13.2 Å². The second kappa shape index (κ2) is 9.04. The molecule has 2 aromatic carbocycles. The number of carbonyl (C=O) groups is 1. The average molecular weight is 455 g/mol. The highest BCUT2D eigenvalue weighted by atomic mass is 35.5. The number of nitrogens with one attached hydrogen (secondary N) is 1. The van der Waals surface area contributed by atoms with Gasteiger partial charge >= 0.3 is 0 Å². The molecule has 5 nitrogen and oxygen atoms in total. The van der Waals surface area contributed by atoms with Gasteiger partial charge in [0.15, 0.2) is 0 Å². The number of carbonyl (C=O) groups excluding carboxylic acids is 1. The SMILES string of the molecule is Cc1ccc(NC(=O)[C@H]2CCCN(S(=O)(=O)Cc3ccc(Cl)cc3Cl)C2)cc1C. The Morgan fingerprint density at radius 1 is 1.14 bits per heavy atom. The van der Waals surface area contributed by atoms with E-state index in [2.05, 4.69) is 5.32 Å². The van der Waals surface area contributed by atoms with E-state index in [0.717, 1.165) is 16.8 Å². The number of halogens is 2. The first-order chi connectivity index (χ1) is 13.7. The first-order valence-electron chi connectivity index (χ1n) is 9.45. The lowest BCUT2D eigenvalue weighted by Gasteiger charge is -2.31. The Hall–Kier alpha value is -1.60. The lowest BCUT2D eigenvalue weighted by Crippen LogP contribution is -2.44. The molecule has 3 rings (SSSR count). The summed E-state index contributed by atoms with van der Waals surface area (Å²) in [6.45, 7) is 4.57. The van der Waals surface area contributed by atoms with Crippen molar-refractivity contribution in [3.63, 3.8) is 0 Å². The predicted octanol–water partition coefficient (Wildman–Crippen LogP) is 4.79. The second-order valence-electron chi connectivity index (χ2n) is 7.48. The largest absolute Gasteiger partial charge is 0.326 e. The fourth-order valence-electron chi connectivity index (χ4n) is 3.40. The van der Waals surface area contributed by atoms with Crippen molar-refractivity contribution in [2.75, 3.05) is 18.4 Å². The summed E-state index contributed by atoms with van der Waals surface area (Å²) in [4.78, 5) is 12.7. The van der Waals surface area contributed by atoms with Crippen molar-refractivity contribution in [2.45, 2.75) is 32.4 Å². The molecule has 2 aromatic rings. The summed E-state index contributed by atoms with van der Waals surface area (Å²) in [5.74, 6) is -0.757. The number of anilines is 1. The van der Waals surface area contributed by atoms with Gasteiger partial charge in [0, 0.05) is 28.8 Å². The quantitative estimate of drug-likeness (QED) is 0.705. The van der Waals surface area contributed by atoms with E-state index in [-0.39, 0.29) is 24.1 Å². The van der Waals surface area contributed by atoms with Gasteiger partial charge in [-0.2, -0.15) is 0 Å². The zero-order valence-electron chi connectivity index (χ0n) is 16.4. The Morgan fingerprint density at radius 2 is 1.90 bits per heavy atom. The third-order valence-electron chi connectivity index (χ3n) is 5.28. The highest BCUT2D eigenvalue weighted by Gasteiger charge is 2.32. The number of aryl methyl sites for hydroxylation is 2. The molecule has 1 aliphatic rings. The molecule has 1 fully saturated rings. The average Bonchev–Trinajstić information content (AvgIpc) is 2.67. The summed E-state index contributed by atoms with van der Waals surface area (Å²) in [6.07, 6.45) is 1.29. The molecule has 1 saturated heterocycles. The smallest absolute Gasteiger partial charge is 0.228 e. The third-order valence-corrected chi connectivity index (χ3v) is 7.66. The second-order valence-corrected chi connectivity index (χ2v) is 10.3. The molecule has 0 saturated carbocycles. The van der Waals surface area contributed by atoms with Gasteiger partial charge in [-0.3, -0.25) is 4.79 Å². The van der Waals surface area contributed by atoms with Crippen molar-refractivity contribution in [3.8, 4) is 0 Å². The molecule has 0 radical (unpaired) electrons. The van der Waals surface area contributed by atoms with Gasteiger partial charge in [0.05, 0.1) is 11.7 Å². The van der Waals surface area contributed by atoms with Crippen molar-refractivity contribution in [2.24, 2.45) is 5.92 Å². The number of nitrogens with zero attached hydrogens (tertiary/aromatic N) is 1. The lowest BCUT2D eigenvalue weighted by molar-refractivity contribution is -0.120. The number of piperidine rings is 1. The van der Waals surface area contributed by atoms with Gasteiger partial charge in [0.2, 0.25) is 15.9 Å². The Bertz CT molecular complexity index is 1020. The zero-order valence-corrected chi connectivity index (χ0v) is 18.7. The molecule has 1 aliphatic heterocycles. The van der Waals surface area contributed by atoms with E-state index in [1.165, 1.54) is 10.4 Å². The number of rotatable bonds is 5. The molecule has 1 heterocycles. The van der Waals surface area contributed by atoms with E-state index in [1.54, 1.807) is 12.1 Å². The normalized spacial score (nSPS) is 17.9. The van der Waals surface area contributed by atoms with Gasteiger partial charge in [-0.05, 0) is 67.6 Å². The summed E-state index contributed by atoms with van der Waals surface area (Å²) >= 11 is 12.0. The van der Waals surface area contributed by atoms with E-state index in [4.69, 9.17) is 23.2 Å². The summed E-state index contributed by atoms with van der Waals surface area (Å²) in [5, 5.41) is 3.70. The van der Waals surface area contributed by atoms with Crippen LogP contribution in [0.2, 0.25) is 10.0 Å². The molecule has 156 valence electrons. The van der Waals surface area contributed by atoms with Gasteiger partial charge in [0.25, 0.3) is 0 Å². The molecule has 29 heavy (non-hydrogen) atoms. The van der Waals surface area contributed by atoms with Crippen molar-refractivity contribution in [3.05, 3.63) is 63.1 Å². The van der Waals surface area contributed by atoms with Crippen LogP contribution in [0.1, 0.15) is 29.5 Å². The molecule has 0 aliphatic carbocycles. The maximum atomic E-state index is 12.9. The number of sulfonamides is 1. The van der Waals surface area contributed by atoms with E-state index >= 15 is 0 Å². The van der Waals surface area contributed by atoms with Gasteiger partial charge < -0.3 is 5.32 Å². The van der Waals surface area contributed by atoms with Crippen LogP contribution in [0.3, 0.4) is 0 Å². The Kier molecular flexibility index (Phi) is 6.89. The van der Waals surface area contributed by atoms with E-state index < -0.39 is 10.0 Å². The van der Waals surface area contributed by atoms with Crippen LogP contribution in [-0.4, -0.2) is 31.7 Å². The number of hydrogen-bond donors (Lipinski definition) is 1. The minimum atomic E-state index is -3.60. The molecule has 1 amide bonds. The maximum absolute atomic E-state index is 12.9. The Morgan fingerprint density at radius 3 is 2.59 bits per heavy atom. The first-order valence-corrected chi connectivity index (χ1v) is 11.8. The number of amides is 1. The highest BCUT2D eigenvalue weighted by molar-refractivity contribution is 7.88. The van der Waals surface area contributed by atoms with Crippen LogP contribution in [0.4, 0.5) is 5.69 Å². The Balaban J connectivity index is 1.68. The molecule has 0 bridgehead atoms. The van der Waals surface area contributed by atoms with Crippen LogP contribution in [0.5, 0.6) is 0 Å². The highest BCUT2D eigenvalue weighted by Crippen LogP contribution is 2.27. The van der Waals surface area contributed by atoms with Crippen LogP contribution < -0.4 is 5.32 Å². The molecule has 0 spiro atoms. The number of hydrogen-bond acceptors (Lipinski definition) is 3. The van der Waals surface area contributed by atoms with Crippen molar-refractivity contribution in [1.29, 1.82) is 0 Å². The monoisotopic (exact) mass is 454 g/mol. The van der Waals surface area contributed by atoms with Crippen LogP contribution in [0, 0.1) is 19.8 Å². The molecule has 8 heteroatoms. The zero-order chi connectivity index (χ0) is 21.2. The molecule has 0 unspecified atom stereocenters. The van der Waals surface area contributed by atoms with E-state index in [0.29, 0.717) is 35.0 Å². The van der Waals surface area contributed by atoms with E-state index in [1.807, 2.05) is 32.0 Å². The molecule has 1 atom stereocenters. The minimum absolute atomic E-state index is 0.155. The summed E-state index contributed by atoms with van der Waals surface area (Å²) in [6, 6.07) is 10.5. The van der Waals surface area contributed by atoms with E-state index in [9.17, 15) is 13.2 Å². The standard InChI is InChI=1S/C21H24Cl2N2O3S/c1-14-5-8-19(10-15(14)2)24-21(26)16-4-3-9-25(12-16)29(27,28)13-17-6-7-18(22)11-20(17)23/h5-8,10-11,16H,3-4,9,12-13H2,1-2H3,(H,24,26)/t16-/m0/s1. The maximum Gasteiger partial charge on any atom is 0.228 e. The van der Waals surface area contributed by atoms with Gasteiger partial charge in [-0.1, -0.05) is 35.3 Å². The van der Waals surface area contributed by atoms with Crippen molar-refractivity contribution >= 4 is 44.8 Å². The lowest BCUT2D eigenvalue weighted by atomic mass is 9.98. The fraction of sp³-hybridized carbons (Fsp3) is 0.381. The van der Waals surface area contributed by atoms with Gasteiger partial charge in [-0.15, -0.1) is 0 Å². The van der Waals surface area contributed by atoms with Crippen LogP contribution in [-0.2, 0) is 20.6 Å². The van der Waals surface area contributed by atoms with Crippen LogP contribution in [0.15, 0.2) is 36.4 Å². The molecule has 0 aromatic heterocycles. The molecular weight excluding hydrogens is 431 g/mol.